The smallest absolute Gasteiger partial charge is 0.308 e. The molecule has 70 valence electrons. The highest BCUT2D eigenvalue weighted by Gasteiger charge is 2.09. The number of aromatic hydroxyl groups is 1. The molecule has 0 heterocycles. The van der Waals surface area contributed by atoms with Crippen LogP contribution in [-0.2, 0) is 4.79 Å². The van der Waals surface area contributed by atoms with Gasteiger partial charge in [0.1, 0.15) is 11.5 Å². The summed E-state index contributed by atoms with van der Waals surface area (Å²) in [6, 6.07) is 3.29. The Bertz CT molecular complexity index is 342. The second-order valence-electron chi connectivity index (χ2n) is 2.95. The maximum absolute atomic E-state index is 10.7. The van der Waals surface area contributed by atoms with Gasteiger partial charge in [-0.05, 0) is 25.5 Å². The van der Waals surface area contributed by atoms with Gasteiger partial charge in [-0.15, -0.1) is 0 Å². The molecule has 1 N–H and O–H groups in total. The number of hydrogen-bond donors (Lipinski definition) is 1. The molecular formula is C10H12O3. The van der Waals surface area contributed by atoms with E-state index >= 15 is 0 Å². The van der Waals surface area contributed by atoms with Gasteiger partial charge in [-0.1, -0.05) is 6.07 Å². The van der Waals surface area contributed by atoms with Crippen molar-refractivity contribution in [2.75, 3.05) is 0 Å². The SMILES string of the molecule is CC(=O)Oc1c(C)ccc(O)c1C. The quantitative estimate of drug-likeness (QED) is 0.530. The van der Waals surface area contributed by atoms with E-state index < -0.39 is 0 Å². The predicted molar refractivity (Wildman–Crippen MR) is 48.9 cm³/mol. The molecule has 0 spiro atoms. The average molecular weight is 180 g/mol. The van der Waals surface area contributed by atoms with Gasteiger partial charge >= 0.3 is 5.97 Å². The number of phenols is 1. The molecule has 0 saturated carbocycles. The Morgan fingerprint density at radius 2 is 2.00 bits per heavy atom. The van der Waals surface area contributed by atoms with Crippen molar-refractivity contribution in [1.29, 1.82) is 0 Å². The fourth-order valence-corrected chi connectivity index (χ4v) is 1.12. The molecule has 0 aliphatic rings. The van der Waals surface area contributed by atoms with Crippen molar-refractivity contribution in [2.24, 2.45) is 0 Å². The summed E-state index contributed by atoms with van der Waals surface area (Å²) in [5.74, 6) is 0.214. The number of ether oxygens (including phenoxy) is 1. The van der Waals surface area contributed by atoms with E-state index in [0.717, 1.165) is 5.56 Å². The van der Waals surface area contributed by atoms with Crippen molar-refractivity contribution in [2.45, 2.75) is 20.8 Å². The van der Waals surface area contributed by atoms with Crippen LogP contribution in [0, 0.1) is 13.8 Å². The van der Waals surface area contributed by atoms with Crippen molar-refractivity contribution in [1.82, 2.24) is 0 Å². The number of benzene rings is 1. The Hall–Kier alpha value is -1.51. The summed E-state index contributed by atoms with van der Waals surface area (Å²) in [7, 11) is 0. The number of phenolic OH excluding ortho intramolecular Hbond substituents is 1. The number of hydrogen-bond acceptors (Lipinski definition) is 3. The highest BCUT2D eigenvalue weighted by Crippen LogP contribution is 2.29. The minimum Gasteiger partial charge on any atom is -0.508 e. The van der Waals surface area contributed by atoms with Gasteiger partial charge in [0.15, 0.2) is 0 Å². The van der Waals surface area contributed by atoms with Crippen LogP contribution < -0.4 is 4.74 Å². The minimum atomic E-state index is -0.378. The van der Waals surface area contributed by atoms with Crippen LogP contribution in [0.2, 0.25) is 0 Å². The molecule has 0 aromatic heterocycles. The number of carbonyl (C=O) groups is 1. The minimum absolute atomic E-state index is 0.141. The predicted octanol–water partition coefficient (Wildman–Crippen LogP) is 1.93. The fraction of sp³-hybridized carbons (Fsp3) is 0.300. The lowest BCUT2D eigenvalue weighted by Gasteiger charge is -2.09. The summed E-state index contributed by atoms with van der Waals surface area (Å²) in [5.41, 5.74) is 1.43. The van der Waals surface area contributed by atoms with Crippen molar-refractivity contribution < 1.29 is 14.6 Å². The Kier molecular flexibility index (Phi) is 2.56. The summed E-state index contributed by atoms with van der Waals surface area (Å²) in [5, 5.41) is 9.35. The van der Waals surface area contributed by atoms with Crippen LogP contribution in [0.25, 0.3) is 0 Å². The molecule has 0 fully saturated rings. The summed E-state index contributed by atoms with van der Waals surface area (Å²) in [6.45, 7) is 4.87. The lowest BCUT2D eigenvalue weighted by Crippen LogP contribution is -2.04. The van der Waals surface area contributed by atoms with Crippen LogP contribution in [0.1, 0.15) is 18.1 Å². The zero-order valence-corrected chi connectivity index (χ0v) is 7.92. The van der Waals surface area contributed by atoms with Gasteiger partial charge in [0.2, 0.25) is 0 Å². The Morgan fingerprint density at radius 1 is 1.38 bits per heavy atom. The van der Waals surface area contributed by atoms with Crippen LogP contribution in [-0.4, -0.2) is 11.1 Å². The lowest BCUT2D eigenvalue weighted by atomic mass is 10.1. The lowest BCUT2D eigenvalue weighted by molar-refractivity contribution is -0.131. The third-order valence-electron chi connectivity index (χ3n) is 1.82. The fourth-order valence-electron chi connectivity index (χ4n) is 1.12. The van der Waals surface area contributed by atoms with E-state index in [0.29, 0.717) is 11.3 Å². The molecule has 0 bridgehead atoms. The van der Waals surface area contributed by atoms with E-state index in [1.165, 1.54) is 6.92 Å². The molecule has 3 heteroatoms. The molecule has 0 aliphatic heterocycles. The maximum atomic E-state index is 10.7. The van der Waals surface area contributed by atoms with Gasteiger partial charge in [-0.25, -0.2) is 0 Å². The molecule has 0 saturated heterocycles. The van der Waals surface area contributed by atoms with Gasteiger partial charge < -0.3 is 9.84 Å². The summed E-state index contributed by atoms with van der Waals surface area (Å²) in [4.78, 5) is 10.7. The van der Waals surface area contributed by atoms with Gasteiger partial charge in [0, 0.05) is 12.5 Å². The highest BCUT2D eigenvalue weighted by molar-refractivity contribution is 5.71. The van der Waals surface area contributed by atoms with Crippen molar-refractivity contribution in [3.8, 4) is 11.5 Å². The van der Waals surface area contributed by atoms with E-state index in [1.807, 2.05) is 6.92 Å². The molecule has 0 aliphatic carbocycles. The number of esters is 1. The van der Waals surface area contributed by atoms with Crippen molar-refractivity contribution in [3.63, 3.8) is 0 Å². The normalized spacial score (nSPS) is 9.77. The molecule has 0 amide bonds. The van der Waals surface area contributed by atoms with E-state index in [1.54, 1.807) is 19.1 Å². The first-order valence-corrected chi connectivity index (χ1v) is 4.00. The molecular weight excluding hydrogens is 168 g/mol. The summed E-state index contributed by atoms with van der Waals surface area (Å²) < 4.78 is 4.96. The van der Waals surface area contributed by atoms with Crippen LogP contribution >= 0.6 is 0 Å². The molecule has 0 unspecified atom stereocenters. The Morgan fingerprint density at radius 3 is 2.54 bits per heavy atom. The Labute approximate surface area is 77.0 Å². The summed E-state index contributed by atoms with van der Waals surface area (Å²) >= 11 is 0. The molecule has 0 radical (unpaired) electrons. The summed E-state index contributed by atoms with van der Waals surface area (Å²) in [6.07, 6.45) is 0. The van der Waals surface area contributed by atoms with E-state index in [4.69, 9.17) is 4.74 Å². The van der Waals surface area contributed by atoms with Crippen LogP contribution in [0.3, 0.4) is 0 Å². The number of aryl methyl sites for hydroxylation is 1. The Balaban J connectivity index is 3.17. The monoisotopic (exact) mass is 180 g/mol. The van der Waals surface area contributed by atoms with Crippen LogP contribution in [0.15, 0.2) is 12.1 Å². The first-order chi connectivity index (χ1) is 6.02. The molecule has 1 rings (SSSR count). The topological polar surface area (TPSA) is 46.5 Å². The van der Waals surface area contributed by atoms with Crippen molar-refractivity contribution in [3.05, 3.63) is 23.3 Å². The zero-order valence-electron chi connectivity index (χ0n) is 7.92. The van der Waals surface area contributed by atoms with Crippen LogP contribution in [0.5, 0.6) is 11.5 Å². The van der Waals surface area contributed by atoms with Gasteiger partial charge in [-0.2, -0.15) is 0 Å². The zero-order chi connectivity index (χ0) is 10.0. The average Bonchev–Trinajstić information content (AvgIpc) is 2.05. The van der Waals surface area contributed by atoms with E-state index in [2.05, 4.69) is 0 Å². The molecule has 0 atom stereocenters. The molecule has 1 aromatic rings. The second-order valence-corrected chi connectivity index (χ2v) is 2.95. The largest absolute Gasteiger partial charge is 0.508 e. The molecule has 13 heavy (non-hydrogen) atoms. The van der Waals surface area contributed by atoms with Gasteiger partial charge in [-0.3, -0.25) is 4.79 Å². The van der Waals surface area contributed by atoms with E-state index in [-0.39, 0.29) is 11.7 Å². The van der Waals surface area contributed by atoms with Gasteiger partial charge in [0.25, 0.3) is 0 Å². The maximum Gasteiger partial charge on any atom is 0.308 e. The van der Waals surface area contributed by atoms with Crippen LogP contribution in [0.4, 0.5) is 0 Å². The van der Waals surface area contributed by atoms with E-state index in [9.17, 15) is 9.90 Å². The standard InChI is InChI=1S/C10H12O3/c1-6-4-5-9(12)7(2)10(6)13-8(3)11/h4-5,12H,1-3H3. The molecule has 1 aromatic carbocycles. The second kappa shape index (κ2) is 3.47. The molecule has 3 nitrogen and oxygen atoms in total. The highest BCUT2D eigenvalue weighted by atomic mass is 16.5. The third kappa shape index (κ3) is 1.99. The van der Waals surface area contributed by atoms with Gasteiger partial charge in [0.05, 0.1) is 0 Å². The van der Waals surface area contributed by atoms with Crippen molar-refractivity contribution >= 4 is 5.97 Å². The first kappa shape index (κ1) is 9.58. The third-order valence-corrected chi connectivity index (χ3v) is 1.82. The number of rotatable bonds is 1. The number of carbonyl (C=O) groups excluding carboxylic acids is 1. The first-order valence-electron chi connectivity index (χ1n) is 4.00.